The first-order valence-corrected chi connectivity index (χ1v) is 8.29. The normalized spacial score (nSPS) is 15.9. The lowest BCUT2D eigenvalue weighted by Crippen LogP contribution is -2.41. The molecule has 1 aromatic rings. The molecular weight excluding hydrogens is 291 g/mol. The Morgan fingerprint density at radius 1 is 1.33 bits per heavy atom. The molecule has 1 fully saturated rings. The standard InChI is InChI=1S/C15H21FN2O2S/c16-14-4-2-1-3-13(14)11-21-12-15(19)17-5-6-18-7-9-20-10-8-18/h1-4H,5-12H2,(H,17,19). The highest BCUT2D eigenvalue weighted by atomic mass is 32.2. The Bertz CT molecular complexity index is 453. The van der Waals surface area contributed by atoms with Crippen LogP contribution in [0.3, 0.4) is 0 Å². The minimum absolute atomic E-state index is 0.00426. The zero-order valence-corrected chi connectivity index (χ0v) is 12.8. The van der Waals surface area contributed by atoms with Crippen LogP contribution < -0.4 is 5.32 Å². The van der Waals surface area contributed by atoms with E-state index >= 15 is 0 Å². The number of rotatable bonds is 7. The summed E-state index contributed by atoms with van der Waals surface area (Å²) in [4.78, 5) is 14.0. The van der Waals surface area contributed by atoms with E-state index in [4.69, 9.17) is 4.74 Å². The highest BCUT2D eigenvalue weighted by Crippen LogP contribution is 2.14. The molecule has 0 unspecified atom stereocenters. The summed E-state index contributed by atoms with van der Waals surface area (Å²) in [6.07, 6.45) is 0. The van der Waals surface area contributed by atoms with Crippen LogP contribution in [0.4, 0.5) is 4.39 Å². The van der Waals surface area contributed by atoms with Gasteiger partial charge < -0.3 is 10.1 Å². The molecule has 1 aromatic carbocycles. The van der Waals surface area contributed by atoms with E-state index in [0.717, 1.165) is 32.8 Å². The Kier molecular flexibility index (Phi) is 6.99. The van der Waals surface area contributed by atoms with Crippen molar-refractivity contribution < 1.29 is 13.9 Å². The highest BCUT2D eigenvalue weighted by molar-refractivity contribution is 7.99. The molecule has 0 aromatic heterocycles. The van der Waals surface area contributed by atoms with Crippen molar-refractivity contribution in [2.24, 2.45) is 0 Å². The molecule has 6 heteroatoms. The topological polar surface area (TPSA) is 41.6 Å². The van der Waals surface area contributed by atoms with Crippen LogP contribution in [0.2, 0.25) is 0 Å². The summed E-state index contributed by atoms with van der Waals surface area (Å²) >= 11 is 1.43. The van der Waals surface area contributed by atoms with Gasteiger partial charge in [0.2, 0.25) is 5.91 Å². The molecule has 0 atom stereocenters. The molecule has 1 aliphatic rings. The van der Waals surface area contributed by atoms with Gasteiger partial charge in [0.25, 0.3) is 0 Å². The predicted molar refractivity (Wildman–Crippen MR) is 82.8 cm³/mol. The van der Waals surface area contributed by atoms with Gasteiger partial charge in [0.15, 0.2) is 0 Å². The monoisotopic (exact) mass is 312 g/mol. The lowest BCUT2D eigenvalue weighted by atomic mass is 10.2. The molecule has 1 N–H and O–H groups in total. The van der Waals surface area contributed by atoms with E-state index < -0.39 is 0 Å². The summed E-state index contributed by atoms with van der Waals surface area (Å²) in [6, 6.07) is 6.67. The van der Waals surface area contributed by atoms with Gasteiger partial charge in [-0.25, -0.2) is 4.39 Å². The van der Waals surface area contributed by atoms with E-state index in [2.05, 4.69) is 10.2 Å². The van der Waals surface area contributed by atoms with Gasteiger partial charge >= 0.3 is 0 Å². The highest BCUT2D eigenvalue weighted by Gasteiger charge is 2.10. The van der Waals surface area contributed by atoms with Gasteiger partial charge in [-0.15, -0.1) is 11.8 Å². The van der Waals surface area contributed by atoms with E-state index in [1.807, 2.05) is 0 Å². The van der Waals surface area contributed by atoms with Gasteiger partial charge in [-0.05, 0) is 11.6 Å². The zero-order chi connectivity index (χ0) is 14.9. The molecule has 1 amide bonds. The Morgan fingerprint density at radius 2 is 2.10 bits per heavy atom. The lowest BCUT2D eigenvalue weighted by Gasteiger charge is -2.26. The number of nitrogens with one attached hydrogen (secondary N) is 1. The lowest BCUT2D eigenvalue weighted by molar-refractivity contribution is -0.118. The van der Waals surface area contributed by atoms with Crippen LogP contribution in [0.25, 0.3) is 0 Å². The number of carbonyl (C=O) groups is 1. The van der Waals surface area contributed by atoms with Crippen LogP contribution in [-0.4, -0.2) is 56.0 Å². The van der Waals surface area contributed by atoms with Crippen molar-refractivity contribution in [2.75, 3.05) is 45.1 Å². The van der Waals surface area contributed by atoms with Gasteiger partial charge in [0.05, 0.1) is 19.0 Å². The SMILES string of the molecule is O=C(CSCc1ccccc1F)NCCN1CCOCC1. The van der Waals surface area contributed by atoms with Crippen LogP contribution in [0.15, 0.2) is 24.3 Å². The fraction of sp³-hybridized carbons (Fsp3) is 0.533. The summed E-state index contributed by atoms with van der Waals surface area (Å²) in [5.74, 6) is 0.670. The number of benzene rings is 1. The summed E-state index contributed by atoms with van der Waals surface area (Å²) in [6.45, 7) is 4.90. The quantitative estimate of drug-likeness (QED) is 0.829. The molecule has 21 heavy (non-hydrogen) atoms. The molecule has 116 valence electrons. The predicted octanol–water partition coefficient (Wildman–Crippen LogP) is 1.51. The number of ether oxygens (including phenoxy) is 1. The first-order valence-electron chi connectivity index (χ1n) is 7.13. The molecule has 1 saturated heterocycles. The summed E-state index contributed by atoms with van der Waals surface area (Å²) < 4.78 is 18.7. The third-order valence-electron chi connectivity index (χ3n) is 3.30. The molecule has 2 rings (SSSR count). The van der Waals surface area contributed by atoms with Crippen molar-refractivity contribution in [3.05, 3.63) is 35.6 Å². The van der Waals surface area contributed by atoms with Crippen molar-refractivity contribution in [2.45, 2.75) is 5.75 Å². The molecule has 0 spiro atoms. The zero-order valence-electron chi connectivity index (χ0n) is 12.0. The molecule has 4 nitrogen and oxygen atoms in total. The Balaban J connectivity index is 1.56. The molecule has 1 aliphatic heterocycles. The van der Waals surface area contributed by atoms with Gasteiger partial charge in [0, 0.05) is 31.9 Å². The van der Waals surface area contributed by atoms with E-state index in [1.54, 1.807) is 18.2 Å². The number of amides is 1. The number of hydrogen-bond acceptors (Lipinski definition) is 4. The van der Waals surface area contributed by atoms with Crippen molar-refractivity contribution in [3.8, 4) is 0 Å². The van der Waals surface area contributed by atoms with Crippen molar-refractivity contribution in [3.63, 3.8) is 0 Å². The molecule has 0 bridgehead atoms. The second kappa shape index (κ2) is 9.02. The second-order valence-electron chi connectivity index (χ2n) is 4.89. The number of hydrogen-bond donors (Lipinski definition) is 1. The number of halogens is 1. The molecule has 0 saturated carbocycles. The maximum atomic E-state index is 13.4. The van der Waals surface area contributed by atoms with Crippen LogP contribution >= 0.6 is 11.8 Å². The van der Waals surface area contributed by atoms with E-state index in [-0.39, 0.29) is 11.7 Å². The van der Waals surface area contributed by atoms with Crippen molar-refractivity contribution in [1.29, 1.82) is 0 Å². The maximum absolute atomic E-state index is 13.4. The van der Waals surface area contributed by atoms with Crippen LogP contribution in [0, 0.1) is 5.82 Å². The van der Waals surface area contributed by atoms with Gasteiger partial charge in [-0.1, -0.05) is 18.2 Å². The number of nitrogens with zero attached hydrogens (tertiary/aromatic N) is 1. The minimum Gasteiger partial charge on any atom is -0.379 e. The van der Waals surface area contributed by atoms with E-state index in [9.17, 15) is 9.18 Å². The minimum atomic E-state index is -0.210. The Labute approximate surface area is 129 Å². The maximum Gasteiger partial charge on any atom is 0.230 e. The molecule has 1 heterocycles. The molecule has 0 aliphatic carbocycles. The first kappa shape index (κ1) is 16.3. The van der Waals surface area contributed by atoms with E-state index in [0.29, 0.717) is 23.6 Å². The first-order chi connectivity index (χ1) is 10.3. The van der Waals surface area contributed by atoms with Gasteiger partial charge in [-0.3, -0.25) is 9.69 Å². The third kappa shape index (κ3) is 6.03. The van der Waals surface area contributed by atoms with Gasteiger partial charge in [-0.2, -0.15) is 0 Å². The van der Waals surface area contributed by atoms with Crippen molar-refractivity contribution in [1.82, 2.24) is 10.2 Å². The fourth-order valence-electron chi connectivity index (χ4n) is 2.10. The van der Waals surface area contributed by atoms with Crippen LogP contribution in [0.1, 0.15) is 5.56 Å². The van der Waals surface area contributed by atoms with Crippen LogP contribution in [-0.2, 0) is 15.3 Å². The fourth-order valence-corrected chi connectivity index (χ4v) is 2.94. The van der Waals surface area contributed by atoms with E-state index in [1.165, 1.54) is 17.8 Å². The molecule has 0 radical (unpaired) electrons. The Morgan fingerprint density at radius 3 is 2.86 bits per heavy atom. The van der Waals surface area contributed by atoms with Crippen molar-refractivity contribution >= 4 is 17.7 Å². The summed E-state index contributed by atoms with van der Waals surface area (Å²) in [5, 5.41) is 2.89. The number of carbonyl (C=O) groups excluding carboxylic acids is 1. The van der Waals surface area contributed by atoms with Gasteiger partial charge in [0.1, 0.15) is 5.82 Å². The third-order valence-corrected chi connectivity index (χ3v) is 4.28. The largest absolute Gasteiger partial charge is 0.379 e. The van der Waals surface area contributed by atoms with Crippen LogP contribution in [0.5, 0.6) is 0 Å². The number of morpholine rings is 1. The number of thioether (sulfide) groups is 1. The average molecular weight is 312 g/mol. The Hall–Kier alpha value is -1.11. The smallest absolute Gasteiger partial charge is 0.230 e. The summed E-state index contributed by atoms with van der Waals surface area (Å²) in [5.41, 5.74) is 0.642. The average Bonchev–Trinajstić information content (AvgIpc) is 2.50. The second-order valence-corrected chi connectivity index (χ2v) is 5.87. The molecular formula is C15H21FN2O2S. The summed E-state index contributed by atoms with van der Waals surface area (Å²) in [7, 11) is 0.